The zero-order chi connectivity index (χ0) is 7.61. The van der Waals surface area contributed by atoms with Gasteiger partial charge < -0.3 is 17.4 Å². The van der Waals surface area contributed by atoms with E-state index in [1.165, 1.54) is 12.3 Å². The van der Waals surface area contributed by atoms with E-state index in [2.05, 4.69) is 4.42 Å². The van der Waals surface area contributed by atoms with Crippen LogP contribution in [0, 0.1) is 0 Å². The van der Waals surface area contributed by atoms with Gasteiger partial charge in [0.05, 0.1) is 12.5 Å². The molecule has 0 fully saturated rings. The molecule has 5 heteroatoms. The van der Waals surface area contributed by atoms with Crippen LogP contribution in [-0.4, -0.2) is 6.98 Å². The SMILES string of the molecule is F[B-](F)(F)Cc1ccoc1. The van der Waals surface area contributed by atoms with E-state index in [0.717, 1.165) is 6.26 Å². The van der Waals surface area contributed by atoms with Gasteiger partial charge in [-0.25, -0.2) is 0 Å². The molecule has 0 saturated carbocycles. The number of hydrogen-bond acceptors (Lipinski definition) is 1. The van der Waals surface area contributed by atoms with Gasteiger partial charge in [0, 0.05) is 0 Å². The Bertz CT molecular complexity index is 191. The van der Waals surface area contributed by atoms with Crippen LogP contribution in [0.5, 0.6) is 0 Å². The van der Waals surface area contributed by atoms with E-state index in [9.17, 15) is 12.9 Å². The Balaban J connectivity index is 2.57. The highest BCUT2D eigenvalue weighted by Gasteiger charge is 2.23. The Morgan fingerprint density at radius 2 is 2.10 bits per heavy atom. The molecule has 1 nitrogen and oxygen atoms in total. The molecule has 0 aromatic carbocycles. The summed E-state index contributed by atoms with van der Waals surface area (Å²) in [6.45, 7) is -4.71. The summed E-state index contributed by atoms with van der Waals surface area (Å²) in [7, 11) is 0. The molecule has 1 heterocycles. The molecule has 0 bridgehead atoms. The van der Waals surface area contributed by atoms with Gasteiger partial charge in [0.25, 0.3) is 0 Å². The Hall–Kier alpha value is -0.865. The molecule has 0 unspecified atom stereocenters. The molecule has 0 amide bonds. The fraction of sp³-hybridized carbons (Fsp3) is 0.200. The van der Waals surface area contributed by atoms with E-state index in [0.29, 0.717) is 0 Å². The Kier molecular flexibility index (Phi) is 1.74. The summed E-state index contributed by atoms with van der Waals surface area (Å²) in [5, 5.41) is 0. The third-order valence-electron chi connectivity index (χ3n) is 1.05. The van der Waals surface area contributed by atoms with Gasteiger partial charge in [-0.3, -0.25) is 0 Å². The van der Waals surface area contributed by atoms with Crippen LogP contribution in [0.15, 0.2) is 23.0 Å². The van der Waals surface area contributed by atoms with Gasteiger partial charge in [-0.05, 0) is 11.6 Å². The van der Waals surface area contributed by atoms with Crippen molar-refractivity contribution >= 4 is 6.98 Å². The van der Waals surface area contributed by atoms with E-state index in [1.54, 1.807) is 0 Å². The summed E-state index contributed by atoms with van der Waals surface area (Å²) in [4.78, 5) is 0. The number of halogens is 3. The molecule has 1 aromatic rings. The Morgan fingerprint density at radius 1 is 1.40 bits per heavy atom. The van der Waals surface area contributed by atoms with Gasteiger partial charge in [0.2, 0.25) is 0 Å². The van der Waals surface area contributed by atoms with Crippen LogP contribution >= 0.6 is 0 Å². The highest BCUT2D eigenvalue weighted by Crippen LogP contribution is 2.15. The van der Waals surface area contributed by atoms with E-state index in [-0.39, 0.29) is 5.56 Å². The van der Waals surface area contributed by atoms with Crippen LogP contribution in [0.4, 0.5) is 12.9 Å². The summed E-state index contributed by atoms with van der Waals surface area (Å²) in [5.41, 5.74) is 0.188. The lowest BCUT2D eigenvalue weighted by molar-refractivity contribution is 0.467. The van der Waals surface area contributed by atoms with E-state index in [1.807, 2.05) is 0 Å². The smallest absolute Gasteiger partial charge is 0.472 e. The van der Waals surface area contributed by atoms with Crippen molar-refractivity contribution in [2.45, 2.75) is 6.32 Å². The molecular formula is C5H5BF3O-. The van der Waals surface area contributed by atoms with Crippen molar-refractivity contribution in [3.8, 4) is 0 Å². The molecule has 10 heavy (non-hydrogen) atoms. The summed E-state index contributed by atoms with van der Waals surface area (Å²) >= 11 is 0. The first kappa shape index (κ1) is 7.24. The Labute approximate surface area is 55.9 Å². The fourth-order valence-electron chi connectivity index (χ4n) is 0.676. The first-order valence-electron chi connectivity index (χ1n) is 2.80. The third-order valence-corrected chi connectivity index (χ3v) is 1.05. The van der Waals surface area contributed by atoms with Crippen molar-refractivity contribution in [1.29, 1.82) is 0 Å². The second-order valence-corrected chi connectivity index (χ2v) is 2.05. The van der Waals surface area contributed by atoms with Gasteiger partial charge in [-0.15, -0.1) is 0 Å². The minimum Gasteiger partial charge on any atom is -0.472 e. The molecule has 0 aliphatic heterocycles. The van der Waals surface area contributed by atoms with Crippen LogP contribution in [0.25, 0.3) is 0 Å². The van der Waals surface area contributed by atoms with Crippen molar-refractivity contribution in [2.75, 3.05) is 0 Å². The zero-order valence-corrected chi connectivity index (χ0v) is 5.06. The second-order valence-electron chi connectivity index (χ2n) is 2.05. The number of rotatable bonds is 2. The highest BCUT2D eigenvalue weighted by molar-refractivity contribution is 6.57. The van der Waals surface area contributed by atoms with Crippen LogP contribution in [-0.2, 0) is 6.32 Å². The fourth-order valence-corrected chi connectivity index (χ4v) is 0.676. The van der Waals surface area contributed by atoms with Crippen LogP contribution in [0.1, 0.15) is 5.56 Å². The van der Waals surface area contributed by atoms with Crippen molar-refractivity contribution in [2.24, 2.45) is 0 Å². The minimum atomic E-state index is -4.71. The molecule has 0 spiro atoms. The van der Waals surface area contributed by atoms with Gasteiger partial charge in [-0.1, -0.05) is 6.32 Å². The summed E-state index contributed by atoms with van der Waals surface area (Å²) in [6.07, 6.45) is 1.49. The normalized spacial score (nSPS) is 11.9. The summed E-state index contributed by atoms with van der Waals surface area (Å²) in [5.74, 6) is 0. The van der Waals surface area contributed by atoms with Crippen LogP contribution < -0.4 is 0 Å². The topological polar surface area (TPSA) is 13.1 Å². The molecule has 0 radical (unpaired) electrons. The maximum atomic E-state index is 11.6. The molecule has 1 rings (SSSR count). The average Bonchev–Trinajstić information content (AvgIpc) is 2.12. The molecule has 56 valence electrons. The maximum absolute atomic E-state index is 11.6. The first-order chi connectivity index (χ1) is 4.58. The third kappa shape index (κ3) is 2.17. The van der Waals surface area contributed by atoms with E-state index in [4.69, 9.17) is 0 Å². The average molecular weight is 149 g/mol. The van der Waals surface area contributed by atoms with Gasteiger partial charge in [-0.2, -0.15) is 0 Å². The molecular weight excluding hydrogens is 144 g/mol. The van der Waals surface area contributed by atoms with E-state index < -0.39 is 13.3 Å². The predicted molar refractivity (Wildman–Crippen MR) is 31.5 cm³/mol. The molecule has 0 saturated heterocycles. The van der Waals surface area contributed by atoms with Gasteiger partial charge >= 0.3 is 6.98 Å². The number of furan rings is 1. The standard InChI is InChI=1S/C5H5BF3O/c7-6(8,9)3-5-1-2-10-4-5/h1-2,4H,3H2/q-1. The summed E-state index contributed by atoms with van der Waals surface area (Å²) < 4.78 is 39.4. The monoisotopic (exact) mass is 149 g/mol. The molecule has 1 aromatic heterocycles. The summed E-state index contributed by atoms with van der Waals surface area (Å²) in [6, 6.07) is 1.31. The lowest BCUT2D eigenvalue weighted by Crippen LogP contribution is -2.18. The molecule has 0 N–H and O–H groups in total. The van der Waals surface area contributed by atoms with Gasteiger partial charge in [0.15, 0.2) is 0 Å². The maximum Gasteiger partial charge on any atom is 0.482 e. The van der Waals surface area contributed by atoms with E-state index >= 15 is 0 Å². The lowest BCUT2D eigenvalue weighted by atomic mass is 9.83. The highest BCUT2D eigenvalue weighted by atomic mass is 19.4. The molecule has 0 aliphatic carbocycles. The predicted octanol–water partition coefficient (Wildman–Crippen LogP) is 2.21. The zero-order valence-electron chi connectivity index (χ0n) is 5.06. The quantitative estimate of drug-likeness (QED) is 0.587. The van der Waals surface area contributed by atoms with Crippen molar-refractivity contribution in [3.63, 3.8) is 0 Å². The van der Waals surface area contributed by atoms with Crippen LogP contribution in [0.3, 0.4) is 0 Å². The van der Waals surface area contributed by atoms with Crippen molar-refractivity contribution in [3.05, 3.63) is 24.2 Å². The largest absolute Gasteiger partial charge is 0.482 e. The van der Waals surface area contributed by atoms with Gasteiger partial charge in [0.1, 0.15) is 0 Å². The second kappa shape index (κ2) is 2.40. The molecule has 0 atom stereocenters. The van der Waals surface area contributed by atoms with Crippen LogP contribution in [0.2, 0.25) is 0 Å². The molecule has 0 aliphatic rings. The Morgan fingerprint density at radius 3 is 2.50 bits per heavy atom. The van der Waals surface area contributed by atoms with Crippen molar-refractivity contribution in [1.82, 2.24) is 0 Å². The number of hydrogen-bond donors (Lipinski definition) is 0. The first-order valence-corrected chi connectivity index (χ1v) is 2.80. The minimum absolute atomic E-state index is 0.188. The lowest BCUT2D eigenvalue weighted by Gasteiger charge is -2.10. The van der Waals surface area contributed by atoms with Crippen molar-refractivity contribution < 1.29 is 17.4 Å².